The lowest BCUT2D eigenvalue weighted by atomic mass is 10.0. The fourth-order valence-electron chi connectivity index (χ4n) is 1.83. The van der Waals surface area contributed by atoms with Gasteiger partial charge in [0, 0.05) is 17.3 Å². The van der Waals surface area contributed by atoms with Crippen molar-refractivity contribution < 1.29 is 9.47 Å². The molecule has 0 saturated heterocycles. The van der Waals surface area contributed by atoms with Crippen LogP contribution in [0, 0.1) is 0 Å². The molecular weight excluding hydrogens is 228 g/mol. The van der Waals surface area contributed by atoms with Crippen molar-refractivity contribution >= 4 is 11.4 Å². The van der Waals surface area contributed by atoms with Crippen LogP contribution >= 0.6 is 0 Å². The van der Waals surface area contributed by atoms with Crippen molar-refractivity contribution in [2.45, 2.75) is 0 Å². The number of anilines is 2. The second-order valence-electron chi connectivity index (χ2n) is 3.91. The predicted octanol–water partition coefficient (Wildman–Crippen LogP) is 2.54. The van der Waals surface area contributed by atoms with Gasteiger partial charge in [-0.2, -0.15) is 0 Å². The van der Waals surface area contributed by atoms with Gasteiger partial charge in [0.05, 0.1) is 19.9 Å². The average molecular weight is 244 g/mol. The van der Waals surface area contributed by atoms with Crippen LogP contribution in [0.15, 0.2) is 36.4 Å². The molecule has 0 unspecified atom stereocenters. The van der Waals surface area contributed by atoms with Gasteiger partial charge in [-0.25, -0.2) is 0 Å². The molecule has 0 bridgehead atoms. The molecule has 0 heterocycles. The molecule has 2 rings (SSSR count). The van der Waals surface area contributed by atoms with Crippen molar-refractivity contribution in [3.63, 3.8) is 0 Å². The number of nitrogen functional groups attached to an aromatic ring is 2. The minimum Gasteiger partial charge on any atom is -0.497 e. The third-order valence-corrected chi connectivity index (χ3v) is 2.80. The number of ether oxygens (including phenoxy) is 2. The first-order valence-corrected chi connectivity index (χ1v) is 5.53. The Balaban J connectivity index is 2.45. The van der Waals surface area contributed by atoms with Gasteiger partial charge in [0.2, 0.25) is 0 Å². The van der Waals surface area contributed by atoms with Gasteiger partial charge in [-0.1, -0.05) is 6.07 Å². The average Bonchev–Trinajstić information content (AvgIpc) is 2.38. The third kappa shape index (κ3) is 2.18. The van der Waals surface area contributed by atoms with E-state index in [0.717, 1.165) is 16.9 Å². The van der Waals surface area contributed by atoms with E-state index in [1.807, 2.05) is 30.3 Å². The summed E-state index contributed by atoms with van der Waals surface area (Å²) in [4.78, 5) is 0. The highest BCUT2D eigenvalue weighted by molar-refractivity contribution is 5.80. The van der Waals surface area contributed by atoms with Gasteiger partial charge >= 0.3 is 0 Å². The van der Waals surface area contributed by atoms with Gasteiger partial charge in [0.25, 0.3) is 0 Å². The van der Waals surface area contributed by atoms with Crippen LogP contribution in [0.1, 0.15) is 0 Å². The summed E-state index contributed by atoms with van der Waals surface area (Å²) < 4.78 is 10.2. The number of nitrogens with two attached hydrogens (primary N) is 2. The van der Waals surface area contributed by atoms with Gasteiger partial charge in [-0.3, -0.25) is 0 Å². The molecule has 0 spiro atoms. The van der Waals surface area contributed by atoms with Crippen molar-refractivity contribution in [1.29, 1.82) is 0 Å². The summed E-state index contributed by atoms with van der Waals surface area (Å²) in [5, 5.41) is 0. The number of hydrogen-bond donors (Lipinski definition) is 2. The maximum Gasteiger partial charge on any atom is 0.141 e. The summed E-state index contributed by atoms with van der Waals surface area (Å²) in [6, 6.07) is 11.2. The third-order valence-electron chi connectivity index (χ3n) is 2.80. The van der Waals surface area contributed by atoms with Crippen molar-refractivity contribution in [2.24, 2.45) is 0 Å². The Morgan fingerprint density at radius 2 is 1.61 bits per heavy atom. The first-order chi connectivity index (χ1) is 8.65. The molecule has 0 fully saturated rings. The quantitative estimate of drug-likeness (QED) is 0.814. The zero-order chi connectivity index (χ0) is 13.1. The minimum absolute atomic E-state index is 0.588. The van der Waals surface area contributed by atoms with Crippen LogP contribution in [-0.4, -0.2) is 14.2 Å². The van der Waals surface area contributed by atoms with Crippen molar-refractivity contribution in [3.8, 4) is 22.6 Å². The normalized spacial score (nSPS) is 10.1. The molecule has 0 aliphatic rings. The Bertz CT molecular complexity index is 568. The highest BCUT2D eigenvalue weighted by Crippen LogP contribution is 2.33. The van der Waals surface area contributed by atoms with Crippen LogP contribution in [0.5, 0.6) is 11.5 Å². The number of benzene rings is 2. The van der Waals surface area contributed by atoms with E-state index in [1.54, 1.807) is 20.3 Å². The molecular formula is C14H16N2O2. The Morgan fingerprint density at radius 1 is 0.833 bits per heavy atom. The molecule has 4 heteroatoms. The van der Waals surface area contributed by atoms with E-state index in [0.29, 0.717) is 17.1 Å². The smallest absolute Gasteiger partial charge is 0.141 e. The van der Waals surface area contributed by atoms with Gasteiger partial charge < -0.3 is 20.9 Å². The maximum atomic E-state index is 6.00. The van der Waals surface area contributed by atoms with Crippen LogP contribution in [0.2, 0.25) is 0 Å². The lowest BCUT2D eigenvalue weighted by Crippen LogP contribution is -1.95. The van der Waals surface area contributed by atoms with Crippen molar-refractivity contribution in [2.75, 3.05) is 25.7 Å². The second-order valence-corrected chi connectivity index (χ2v) is 3.91. The largest absolute Gasteiger partial charge is 0.497 e. The Kier molecular flexibility index (Phi) is 3.28. The monoisotopic (exact) mass is 244 g/mol. The number of methoxy groups -OCH3 is 2. The molecule has 0 radical (unpaired) electrons. The SMILES string of the molecule is COc1ccc(-c2ccc(OC)c(N)c2)c(N)c1. The summed E-state index contributed by atoms with van der Waals surface area (Å²) >= 11 is 0. The summed E-state index contributed by atoms with van der Waals surface area (Å²) in [5.41, 5.74) is 15.0. The molecule has 2 aromatic carbocycles. The molecule has 0 amide bonds. The van der Waals surface area contributed by atoms with E-state index < -0.39 is 0 Å². The number of hydrogen-bond acceptors (Lipinski definition) is 4. The van der Waals surface area contributed by atoms with Crippen molar-refractivity contribution in [3.05, 3.63) is 36.4 Å². The van der Waals surface area contributed by atoms with Crippen molar-refractivity contribution in [1.82, 2.24) is 0 Å². The Labute approximate surface area is 106 Å². The lowest BCUT2D eigenvalue weighted by Gasteiger charge is -2.10. The van der Waals surface area contributed by atoms with E-state index in [-0.39, 0.29) is 0 Å². The zero-order valence-corrected chi connectivity index (χ0v) is 10.4. The molecule has 2 aromatic rings. The van der Waals surface area contributed by atoms with Crippen LogP contribution in [0.4, 0.5) is 11.4 Å². The fraction of sp³-hybridized carbons (Fsp3) is 0.143. The van der Waals surface area contributed by atoms with E-state index in [2.05, 4.69) is 0 Å². The summed E-state index contributed by atoms with van der Waals surface area (Å²) in [6.45, 7) is 0. The Hall–Kier alpha value is -2.36. The van der Waals surface area contributed by atoms with Gasteiger partial charge in [-0.15, -0.1) is 0 Å². The van der Waals surface area contributed by atoms with E-state index in [1.165, 1.54) is 0 Å². The van der Waals surface area contributed by atoms with Crippen LogP contribution in [-0.2, 0) is 0 Å². The van der Waals surface area contributed by atoms with Crippen LogP contribution in [0.25, 0.3) is 11.1 Å². The van der Waals surface area contributed by atoms with Crippen LogP contribution in [0.3, 0.4) is 0 Å². The molecule has 0 saturated carbocycles. The maximum absolute atomic E-state index is 6.00. The second kappa shape index (κ2) is 4.87. The van der Waals surface area contributed by atoms with Crippen LogP contribution < -0.4 is 20.9 Å². The number of rotatable bonds is 3. The predicted molar refractivity (Wildman–Crippen MR) is 73.8 cm³/mol. The topological polar surface area (TPSA) is 70.5 Å². The Morgan fingerprint density at radius 3 is 2.17 bits per heavy atom. The lowest BCUT2D eigenvalue weighted by molar-refractivity contribution is 0.415. The molecule has 0 aromatic heterocycles. The molecule has 94 valence electrons. The standard InChI is InChI=1S/C14H16N2O2/c1-17-10-4-5-11(12(15)8-10)9-3-6-14(18-2)13(16)7-9/h3-8H,15-16H2,1-2H3. The molecule has 4 nitrogen and oxygen atoms in total. The van der Waals surface area contributed by atoms with Gasteiger partial charge in [0.1, 0.15) is 11.5 Å². The fourth-order valence-corrected chi connectivity index (χ4v) is 1.83. The zero-order valence-electron chi connectivity index (χ0n) is 10.4. The molecule has 18 heavy (non-hydrogen) atoms. The highest BCUT2D eigenvalue weighted by Gasteiger charge is 2.07. The van der Waals surface area contributed by atoms with Gasteiger partial charge in [0.15, 0.2) is 0 Å². The van der Waals surface area contributed by atoms with E-state index in [9.17, 15) is 0 Å². The van der Waals surface area contributed by atoms with Gasteiger partial charge in [-0.05, 0) is 29.8 Å². The van der Waals surface area contributed by atoms with E-state index in [4.69, 9.17) is 20.9 Å². The summed E-state index contributed by atoms with van der Waals surface area (Å²) in [5.74, 6) is 1.39. The molecule has 4 N–H and O–H groups in total. The minimum atomic E-state index is 0.588. The molecule has 0 aliphatic heterocycles. The first kappa shape index (κ1) is 12.1. The molecule has 0 aliphatic carbocycles. The summed E-state index contributed by atoms with van der Waals surface area (Å²) in [6.07, 6.45) is 0. The molecule has 0 atom stereocenters. The summed E-state index contributed by atoms with van der Waals surface area (Å²) in [7, 11) is 3.20. The van der Waals surface area contributed by atoms with E-state index >= 15 is 0 Å². The first-order valence-electron chi connectivity index (χ1n) is 5.53. The highest BCUT2D eigenvalue weighted by atomic mass is 16.5.